The molecular formula is C33H42Cl2N2O4. The van der Waals surface area contributed by atoms with Gasteiger partial charge in [0.05, 0.1) is 16.5 Å². The number of esters is 1. The number of likely N-dealkylation sites (tertiary alicyclic amines) is 1. The average Bonchev–Trinajstić information content (AvgIpc) is 3.72. The Kier molecular flexibility index (Phi) is 8.94. The van der Waals surface area contributed by atoms with Crippen molar-refractivity contribution in [3.63, 3.8) is 0 Å². The Morgan fingerprint density at radius 3 is 2.54 bits per heavy atom. The van der Waals surface area contributed by atoms with Gasteiger partial charge in [-0.1, -0.05) is 55.2 Å². The summed E-state index contributed by atoms with van der Waals surface area (Å²) in [7, 11) is 0. The number of aromatic hydroxyl groups is 1. The fourth-order valence-electron chi connectivity index (χ4n) is 7.32. The predicted molar refractivity (Wildman–Crippen MR) is 162 cm³/mol. The van der Waals surface area contributed by atoms with E-state index in [-0.39, 0.29) is 36.0 Å². The van der Waals surface area contributed by atoms with E-state index in [1.54, 1.807) is 18.2 Å². The summed E-state index contributed by atoms with van der Waals surface area (Å²) in [5, 5.41) is 11.5. The van der Waals surface area contributed by atoms with Crippen molar-refractivity contribution in [2.45, 2.75) is 82.8 Å². The molecule has 1 amide bonds. The third-order valence-electron chi connectivity index (χ3n) is 9.28. The minimum atomic E-state index is -0.730. The molecule has 2 saturated carbocycles. The number of amides is 1. The van der Waals surface area contributed by atoms with Gasteiger partial charge in [0, 0.05) is 38.0 Å². The first kappa shape index (κ1) is 30.2. The minimum absolute atomic E-state index is 0.0336. The van der Waals surface area contributed by atoms with Gasteiger partial charge in [0.15, 0.2) is 0 Å². The Balaban J connectivity index is 1.51. The van der Waals surface area contributed by atoms with Gasteiger partial charge < -0.3 is 14.7 Å². The number of hydrogen-bond acceptors (Lipinski definition) is 5. The molecule has 2 aromatic rings. The number of fused-ring (bicyclic) bond motifs is 1. The number of phenolic OH excluding ortho intramolecular Hbond substituents is 1. The molecule has 6 nitrogen and oxygen atoms in total. The third kappa shape index (κ3) is 6.55. The van der Waals surface area contributed by atoms with Crippen molar-refractivity contribution < 1.29 is 19.4 Å². The summed E-state index contributed by atoms with van der Waals surface area (Å²) in [5.74, 6) is 0.987. The number of nitrogens with zero attached hydrogens (tertiary/aromatic N) is 2. The van der Waals surface area contributed by atoms with Crippen molar-refractivity contribution in [1.82, 2.24) is 9.80 Å². The molecule has 1 saturated heterocycles. The van der Waals surface area contributed by atoms with Crippen molar-refractivity contribution in [2.24, 2.45) is 11.8 Å². The first-order chi connectivity index (χ1) is 19.5. The van der Waals surface area contributed by atoms with E-state index >= 15 is 0 Å². The van der Waals surface area contributed by atoms with Crippen LogP contribution >= 0.6 is 23.2 Å². The lowest BCUT2D eigenvalue weighted by atomic mass is 9.54. The molecule has 8 heteroatoms. The van der Waals surface area contributed by atoms with Gasteiger partial charge >= 0.3 is 5.97 Å². The quantitative estimate of drug-likeness (QED) is 0.327. The maximum atomic E-state index is 14.0. The Morgan fingerprint density at radius 1 is 1.10 bits per heavy atom. The molecule has 3 fully saturated rings. The first-order valence-electron chi connectivity index (χ1n) is 14.9. The van der Waals surface area contributed by atoms with Gasteiger partial charge in [-0.2, -0.15) is 0 Å². The topological polar surface area (TPSA) is 70.1 Å². The molecule has 1 N–H and O–H groups in total. The average molecular weight is 602 g/mol. The van der Waals surface area contributed by atoms with Crippen LogP contribution < -0.4 is 0 Å². The van der Waals surface area contributed by atoms with Crippen LogP contribution in [-0.2, 0) is 26.2 Å². The monoisotopic (exact) mass is 600 g/mol. The van der Waals surface area contributed by atoms with Crippen molar-refractivity contribution in [3.8, 4) is 5.75 Å². The third-order valence-corrected chi connectivity index (χ3v) is 10.0. The molecule has 3 aliphatic rings. The standard InChI is InChI=1S/C33H42Cl2N2O4/c1-22(2)19-37(31(40)16-25-9-10-29(34)30(35)15-25)27-11-12-33(41-23(3)38)21-36(20-24-7-8-24)14-13-32(33,18-27)26-5-4-6-28(39)17-26/h4-6,9-10,15,17,22,24,27,39H,7-8,11-14,16,18-21H2,1-3H3/t27-,32+,33+/m1/s1. The lowest BCUT2D eigenvalue weighted by molar-refractivity contribution is -0.190. The molecule has 0 spiro atoms. The zero-order chi connectivity index (χ0) is 29.4. The van der Waals surface area contributed by atoms with Gasteiger partial charge in [0.1, 0.15) is 11.4 Å². The van der Waals surface area contributed by atoms with E-state index < -0.39 is 11.0 Å². The Hall–Kier alpha value is -2.28. The van der Waals surface area contributed by atoms with Crippen LogP contribution in [0.2, 0.25) is 10.0 Å². The SMILES string of the molecule is CC(=O)O[C@]12CC[C@@H](N(CC(C)C)C(=O)Cc3ccc(Cl)c(Cl)c3)C[C@]1(c1cccc(O)c1)CCN(CC1CC1)C2. The fourth-order valence-corrected chi connectivity index (χ4v) is 7.65. The molecule has 41 heavy (non-hydrogen) atoms. The second kappa shape index (κ2) is 12.1. The highest BCUT2D eigenvalue weighted by Crippen LogP contribution is 2.55. The molecule has 0 unspecified atom stereocenters. The van der Waals surface area contributed by atoms with E-state index in [4.69, 9.17) is 27.9 Å². The van der Waals surface area contributed by atoms with Gasteiger partial charge in [-0.05, 0) is 92.3 Å². The number of piperidine rings is 1. The Morgan fingerprint density at radius 2 is 1.88 bits per heavy atom. The molecule has 0 bridgehead atoms. The van der Waals surface area contributed by atoms with Crippen LogP contribution in [0.5, 0.6) is 5.75 Å². The van der Waals surface area contributed by atoms with E-state index in [9.17, 15) is 14.7 Å². The van der Waals surface area contributed by atoms with Crippen LogP contribution in [-0.4, -0.2) is 64.6 Å². The summed E-state index contributed by atoms with van der Waals surface area (Å²) >= 11 is 12.4. The van der Waals surface area contributed by atoms with Crippen molar-refractivity contribution in [2.75, 3.05) is 26.2 Å². The summed E-state index contributed by atoms with van der Waals surface area (Å²) in [4.78, 5) is 31.2. The van der Waals surface area contributed by atoms with Crippen molar-refractivity contribution in [1.29, 1.82) is 0 Å². The fraction of sp³-hybridized carbons (Fsp3) is 0.576. The van der Waals surface area contributed by atoms with E-state index in [0.717, 1.165) is 43.0 Å². The second-order valence-electron chi connectivity index (χ2n) is 12.9. The summed E-state index contributed by atoms with van der Waals surface area (Å²) in [6.07, 6.45) is 5.63. The van der Waals surface area contributed by atoms with Gasteiger partial charge in [0.25, 0.3) is 0 Å². The minimum Gasteiger partial charge on any atom is -0.508 e. The molecule has 1 aliphatic heterocycles. The second-order valence-corrected chi connectivity index (χ2v) is 13.7. The normalized spacial score (nSPS) is 26.4. The van der Waals surface area contributed by atoms with Crippen LogP contribution in [0.4, 0.5) is 0 Å². The van der Waals surface area contributed by atoms with Crippen LogP contribution in [0.3, 0.4) is 0 Å². The number of benzene rings is 2. The highest BCUT2D eigenvalue weighted by atomic mass is 35.5. The zero-order valence-corrected chi connectivity index (χ0v) is 25.9. The van der Waals surface area contributed by atoms with Gasteiger partial charge in [-0.15, -0.1) is 0 Å². The molecule has 5 rings (SSSR count). The summed E-state index contributed by atoms with van der Waals surface area (Å²) in [6.45, 7) is 8.99. The highest BCUT2D eigenvalue weighted by Gasteiger charge is 2.61. The maximum absolute atomic E-state index is 14.0. The van der Waals surface area contributed by atoms with Crippen molar-refractivity contribution in [3.05, 3.63) is 63.6 Å². The Bertz CT molecular complexity index is 1280. The summed E-state index contributed by atoms with van der Waals surface area (Å²) < 4.78 is 6.41. The number of rotatable bonds is 9. The first-order valence-corrected chi connectivity index (χ1v) is 15.7. The van der Waals surface area contributed by atoms with Gasteiger partial charge in [0.2, 0.25) is 5.91 Å². The van der Waals surface area contributed by atoms with Gasteiger partial charge in [-0.25, -0.2) is 0 Å². The molecule has 1 heterocycles. The number of carbonyl (C=O) groups is 2. The van der Waals surface area contributed by atoms with E-state index in [1.165, 1.54) is 19.8 Å². The number of carbonyl (C=O) groups excluding carboxylic acids is 2. The van der Waals surface area contributed by atoms with Crippen LogP contribution in [0.15, 0.2) is 42.5 Å². The highest BCUT2D eigenvalue weighted by molar-refractivity contribution is 6.42. The van der Waals surface area contributed by atoms with E-state index in [2.05, 4.69) is 24.8 Å². The van der Waals surface area contributed by atoms with Gasteiger partial charge in [-0.3, -0.25) is 14.5 Å². The van der Waals surface area contributed by atoms with E-state index in [1.807, 2.05) is 23.1 Å². The zero-order valence-electron chi connectivity index (χ0n) is 24.4. The molecule has 222 valence electrons. The number of ether oxygens (including phenoxy) is 1. The number of hydrogen-bond donors (Lipinski definition) is 1. The smallest absolute Gasteiger partial charge is 0.303 e. The largest absolute Gasteiger partial charge is 0.508 e. The lowest BCUT2D eigenvalue weighted by Crippen LogP contribution is -2.69. The number of halogens is 2. The van der Waals surface area contributed by atoms with E-state index in [0.29, 0.717) is 36.0 Å². The lowest BCUT2D eigenvalue weighted by Gasteiger charge is -2.60. The molecule has 2 aliphatic carbocycles. The van der Waals surface area contributed by atoms with Crippen LogP contribution in [0.1, 0.15) is 70.4 Å². The van der Waals surface area contributed by atoms with Crippen molar-refractivity contribution >= 4 is 35.1 Å². The molecule has 3 atom stereocenters. The summed E-state index contributed by atoms with van der Waals surface area (Å²) in [6, 6.07) is 12.8. The van der Waals surface area contributed by atoms with Crippen LogP contribution in [0.25, 0.3) is 0 Å². The molecular weight excluding hydrogens is 559 g/mol. The molecule has 0 radical (unpaired) electrons. The predicted octanol–water partition coefficient (Wildman–Crippen LogP) is 6.63. The molecule has 2 aromatic carbocycles. The Labute approximate surface area is 253 Å². The maximum Gasteiger partial charge on any atom is 0.303 e. The van der Waals surface area contributed by atoms with Crippen LogP contribution in [0, 0.1) is 11.8 Å². The molecule has 0 aromatic heterocycles. The number of phenols is 1. The summed E-state index contributed by atoms with van der Waals surface area (Å²) in [5.41, 5.74) is 0.557.